The lowest BCUT2D eigenvalue weighted by Crippen LogP contribution is -2.36. The Hall–Kier alpha value is -1.97. The van der Waals surface area contributed by atoms with Crippen molar-refractivity contribution >= 4 is 27.5 Å². The summed E-state index contributed by atoms with van der Waals surface area (Å²) in [6, 6.07) is 4.48. The van der Waals surface area contributed by atoms with Crippen LogP contribution in [0.5, 0.6) is 0 Å². The van der Waals surface area contributed by atoms with Gasteiger partial charge in [-0.15, -0.1) is 0 Å². The van der Waals surface area contributed by atoms with Gasteiger partial charge in [0, 0.05) is 31.6 Å². The fraction of sp³-hybridized carbons (Fsp3) is 0.529. The van der Waals surface area contributed by atoms with Crippen molar-refractivity contribution in [1.29, 1.82) is 0 Å². The molecule has 1 fully saturated rings. The predicted octanol–water partition coefficient (Wildman–Crippen LogP) is 1.04. The fourth-order valence-corrected chi connectivity index (χ4v) is 4.38. The molecular formula is C17H23N3O5S. The molecule has 0 bridgehead atoms. The third kappa shape index (κ3) is 4.40. The number of piperidine rings is 1. The summed E-state index contributed by atoms with van der Waals surface area (Å²) in [5.41, 5.74) is 1.38. The second-order valence-corrected chi connectivity index (χ2v) is 8.34. The minimum absolute atomic E-state index is 0.0370. The number of amides is 2. The molecule has 0 spiro atoms. The Labute approximate surface area is 152 Å². The molecule has 2 amide bonds. The lowest BCUT2D eigenvalue weighted by Gasteiger charge is -2.29. The summed E-state index contributed by atoms with van der Waals surface area (Å²) in [6.45, 7) is 1.47. The predicted molar refractivity (Wildman–Crippen MR) is 94.6 cm³/mol. The van der Waals surface area contributed by atoms with Crippen molar-refractivity contribution in [2.45, 2.75) is 37.0 Å². The number of anilines is 1. The number of hydrogen-bond acceptors (Lipinski definition) is 6. The van der Waals surface area contributed by atoms with Gasteiger partial charge in [-0.1, -0.05) is 0 Å². The molecule has 2 N–H and O–H groups in total. The second-order valence-electron chi connectivity index (χ2n) is 6.65. The van der Waals surface area contributed by atoms with Crippen molar-refractivity contribution in [3.63, 3.8) is 0 Å². The van der Waals surface area contributed by atoms with Crippen molar-refractivity contribution in [2.75, 3.05) is 25.5 Å². The maximum Gasteiger partial charge on any atom is 0.264 e. The zero-order valence-electron chi connectivity index (χ0n) is 14.7. The van der Waals surface area contributed by atoms with Crippen LogP contribution in [0.2, 0.25) is 0 Å². The van der Waals surface area contributed by atoms with Crippen molar-refractivity contribution < 1.29 is 22.8 Å². The van der Waals surface area contributed by atoms with E-state index in [4.69, 9.17) is 4.84 Å². The third-order valence-electron chi connectivity index (χ3n) is 4.84. The molecule has 0 aliphatic carbocycles. The monoisotopic (exact) mass is 381 g/mol. The number of nitrogens with one attached hydrogen (secondary N) is 2. The van der Waals surface area contributed by atoms with Crippen LogP contribution in [-0.2, 0) is 30.9 Å². The summed E-state index contributed by atoms with van der Waals surface area (Å²) in [5, 5.41) is 4.54. The standard InChI is InChI=1S/C17H23N3O5S/c1-25-20-8-6-12(7-9-20)10-17(22)19-26(23,24)14-3-4-15-13(11-14)2-5-16(21)18-15/h3-4,11-12H,2,5-10H2,1H3,(H,18,21)(H,19,22). The van der Waals surface area contributed by atoms with E-state index in [2.05, 4.69) is 10.0 Å². The Kier molecular flexibility index (Phi) is 5.59. The summed E-state index contributed by atoms with van der Waals surface area (Å²) in [7, 11) is -2.31. The van der Waals surface area contributed by atoms with Crippen LogP contribution in [0.4, 0.5) is 5.69 Å². The van der Waals surface area contributed by atoms with Gasteiger partial charge in [0.2, 0.25) is 11.8 Å². The molecule has 2 aliphatic heterocycles. The molecule has 2 heterocycles. The quantitative estimate of drug-likeness (QED) is 0.790. The van der Waals surface area contributed by atoms with Crippen LogP contribution in [0.15, 0.2) is 23.1 Å². The van der Waals surface area contributed by atoms with Gasteiger partial charge in [0.05, 0.1) is 12.0 Å². The van der Waals surface area contributed by atoms with Crippen molar-refractivity contribution in [3.05, 3.63) is 23.8 Å². The smallest absolute Gasteiger partial charge is 0.264 e. The molecule has 0 radical (unpaired) electrons. The molecule has 1 aromatic carbocycles. The van der Waals surface area contributed by atoms with E-state index in [1.54, 1.807) is 13.2 Å². The van der Waals surface area contributed by atoms with Gasteiger partial charge in [0.15, 0.2) is 0 Å². The minimum Gasteiger partial charge on any atom is -0.326 e. The van der Waals surface area contributed by atoms with Gasteiger partial charge < -0.3 is 10.2 Å². The molecule has 26 heavy (non-hydrogen) atoms. The van der Waals surface area contributed by atoms with Crippen molar-refractivity contribution in [3.8, 4) is 0 Å². The summed E-state index contributed by atoms with van der Waals surface area (Å²) >= 11 is 0. The zero-order chi connectivity index (χ0) is 18.7. The topological polar surface area (TPSA) is 105 Å². The first-order chi connectivity index (χ1) is 12.4. The highest BCUT2D eigenvalue weighted by molar-refractivity contribution is 7.90. The van der Waals surface area contributed by atoms with Crippen LogP contribution in [0.1, 0.15) is 31.2 Å². The number of benzene rings is 1. The number of aryl methyl sites for hydroxylation is 1. The van der Waals surface area contributed by atoms with E-state index in [0.29, 0.717) is 18.5 Å². The SMILES string of the molecule is CON1CCC(CC(=O)NS(=O)(=O)c2ccc3c(c2)CCC(=O)N3)CC1. The van der Waals surface area contributed by atoms with Crippen LogP contribution >= 0.6 is 0 Å². The van der Waals surface area contributed by atoms with Crippen LogP contribution < -0.4 is 10.0 Å². The largest absolute Gasteiger partial charge is 0.326 e. The van der Waals surface area contributed by atoms with Crippen LogP contribution in [0.25, 0.3) is 0 Å². The molecule has 0 unspecified atom stereocenters. The van der Waals surface area contributed by atoms with Gasteiger partial charge in [-0.25, -0.2) is 13.1 Å². The van der Waals surface area contributed by atoms with E-state index in [1.165, 1.54) is 12.1 Å². The van der Waals surface area contributed by atoms with E-state index in [1.807, 2.05) is 5.06 Å². The molecule has 0 atom stereocenters. The molecular weight excluding hydrogens is 358 g/mol. The number of rotatable bonds is 5. The summed E-state index contributed by atoms with van der Waals surface area (Å²) in [6.07, 6.45) is 2.57. The molecule has 3 rings (SSSR count). The average molecular weight is 381 g/mol. The highest BCUT2D eigenvalue weighted by Gasteiger charge is 2.25. The Balaban J connectivity index is 1.62. The fourth-order valence-electron chi connectivity index (χ4n) is 3.34. The Morgan fingerprint density at radius 1 is 1.31 bits per heavy atom. The highest BCUT2D eigenvalue weighted by atomic mass is 32.2. The normalized spacial score (nSPS) is 18.9. The molecule has 142 valence electrons. The molecule has 1 aromatic rings. The maximum atomic E-state index is 12.5. The lowest BCUT2D eigenvalue weighted by atomic mass is 9.94. The van der Waals surface area contributed by atoms with E-state index in [-0.39, 0.29) is 23.1 Å². The molecule has 0 aromatic heterocycles. The third-order valence-corrected chi connectivity index (χ3v) is 6.21. The molecule has 2 aliphatic rings. The average Bonchev–Trinajstić information content (AvgIpc) is 2.61. The first-order valence-corrected chi connectivity index (χ1v) is 10.1. The number of hydrogen-bond donors (Lipinski definition) is 2. The van der Waals surface area contributed by atoms with Gasteiger partial charge in [-0.2, -0.15) is 5.06 Å². The summed E-state index contributed by atoms with van der Waals surface area (Å²) < 4.78 is 27.1. The number of fused-ring (bicyclic) bond motifs is 1. The number of nitrogens with zero attached hydrogens (tertiary/aromatic N) is 1. The Bertz CT molecular complexity index is 801. The molecule has 8 nitrogen and oxygen atoms in total. The summed E-state index contributed by atoms with van der Waals surface area (Å²) in [5.74, 6) is -0.428. The van der Waals surface area contributed by atoms with Gasteiger partial charge in [0.25, 0.3) is 10.0 Å². The molecule has 1 saturated heterocycles. The van der Waals surface area contributed by atoms with Gasteiger partial charge in [0.1, 0.15) is 0 Å². The number of carbonyl (C=O) groups is 2. The van der Waals surface area contributed by atoms with E-state index < -0.39 is 15.9 Å². The highest BCUT2D eigenvalue weighted by Crippen LogP contribution is 2.26. The Morgan fingerprint density at radius 3 is 2.73 bits per heavy atom. The second kappa shape index (κ2) is 7.73. The lowest BCUT2D eigenvalue weighted by molar-refractivity contribution is -0.149. The van der Waals surface area contributed by atoms with Crippen LogP contribution in [-0.4, -0.2) is 45.5 Å². The van der Waals surface area contributed by atoms with Crippen LogP contribution in [0, 0.1) is 5.92 Å². The maximum absolute atomic E-state index is 12.5. The number of sulfonamides is 1. The first kappa shape index (κ1) is 18.8. The summed E-state index contributed by atoms with van der Waals surface area (Å²) in [4.78, 5) is 28.8. The van der Waals surface area contributed by atoms with Gasteiger partial charge >= 0.3 is 0 Å². The van der Waals surface area contributed by atoms with Crippen molar-refractivity contribution in [2.24, 2.45) is 5.92 Å². The Morgan fingerprint density at radius 2 is 2.04 bits per heavy atom. The zero-order valence-corrected chi connectivity index (χ0v) is 15.5. The number of carbonyl (C=O) groups excluding carboxylic acids is 2. The van der Waals surface area contributed by atoms with Crippen LogP contribution in [0.3, 0.4) is 0 Å². The van der Waals surface area contributed by atoms with Gasteiger partial charge in [-0.3, -0.25) is 9.59 Å². The van der Waals surface area contributed by atoms with E-state index in [0.717, 1.165) is 31.5 Å². The van der Waals surface area contributed by atoms with E-state index >= 15 is 0 Å². The first-order valence-electron chi connectivity index (χ1n) is 8.65. The number of hydroxylamine groups is 2. The molecule has 9 heteroatoms. The van der Waals surface area contributed by atoms with Gasteiger partial charge in [-0.05, 0) is 48.9 Å². The van der Waals surface area contributed by atoms with Crippen molar-refractivity contribution in [1.82, 2.24) is 9.79 Å². The minimum atomic E-state index is -3.92. The molecule has 0 saturated carbocycles. The van der Waals surface area contributed by atoms with E-state index in [9.17, 15) is 18.0 Å².